The molecule has 0 heterocycles. The fourth-order valence-electron chi connectivity index (χ4n) is 5.66. The van der Waals surface area contributed by atoms with E-state index in [4.69, 9.17) is 11.6 Å². The molecule has 1 fully saturated rings. The van der Waals surface area contributed by atoms with E-state index in [-0.39, 0.29) is 10.8 Å². The minimum absolute atomic E-state index is 0.0516. The zero-order valence-electron chi connectivity index (χ0n) is 21.5. The van der Waals surface area contributed by atoms with E-state index < -0.39 is 5.82 Å². The summed E-state index contributed by atoms with van der Waals surface area (Å²) >= 11 is 5.76. The summed E-state index contributed by atoms with van der Waals surface area (Å²) in [5.74, 6) is 0.553. The quantitative estimate of drug-likeness (QED) is 0.226. The smallest absolute Gasteiger partial charge is 0.142 e. The Morgan fingerprint density at radius 1 is 0.722 bits per heavy atom. The van der Waals surface area contributed by atoms with Crippen LogP contribution >= 0.6 is 11.6 Å². The summed E-state index contributed by atoms with van der Waals surface area (Å²) in [4.78, 5) is 0. The molecule has 192 valence electrons. The zero-order valence-corrected chi connectivity index (χ0v) is 22.3. The monoisotopic (exact) mass is 508 g/mol. The first-order valence-electron chi connectivity index (χ1n) is 13.9. The normalized spacial score (nSPS) is 17.9. The Balaban J connectivity index is 1.22. The summed E-state index contributed by atoms with van der Waals surface area (Å²) in [6.07, 6.45) is 14.8. The second-order valence-corrected chi connectivity index (χ2v) is 11.0. The van der Waals surface area contributed by atoms with Crippen LogP contribution < -0.4 is 0 Å². The van der Waals surface area contributed by atoms with Crippen molar-refractivity contribution in [1.29, 1.82) is 0 Å². The number of hydrogen-bond acceptors (Lipinski definition) is 0. The van der Waals surface area contributed by atoms with Crippen molar-refractivity contribution in [3.63, 3.8) is 0 Å². The van der Waals surface area contributed by atoms with Gasteiger partial charge in [-0.05, 0) is 104 Å². The minimum Gasteiger partial charge on any atom is -0.206 e. The van der Waals surface area contributed by atoms with Gasteiger partial charge in [0.1, 0.15) is 11.6 Å². The predicted octanol–water partition coefficient (Wildman–Crippen LogP) is 10.7. The molecule has 0 unspecified atom stereocenters. The van der Waals surface area contributed by atoms with Crippen LogP contribution in [-0.2, 0) is 12.8 Å². The van der Waals surface area contributed by atoms with E-state index in [2.05, 4.69) is 31.2 Å². The lowest BCUT2D eigenvalue weighted by atomic mass is 9.76. The van der Waals surface area contributed by atoms with E-state index in [0.29, 0.717) is 23.0 Å². The van der Waals surface area contributed by atoms with Crippen LogP contribution in [0.2, 0.25) is 5.02 Å². The van der Waals surface area contributed by atoms with Gasteiger partial charge in [0.05, 0.1) is 5.02 Å². The average molecular weight is 509 g/mol. The summed E-state index contributed by atoms with van der Waals surface area (Å²) < 4.78 is 28.5. The van der Waals surface area contributed by atoms with Gasteiger partial charge < -0.3 is 0 Å². The molecule has 36 heavy (non-hydrogen) atoms. The minimum atomic E-state index is -0.526. The molecule has 3 aromatic carbocycles. The fraction of sp³-hybridized carbons (Fsp3) is 0.455. The fourth-order valence-corrected chi connectivity index (χ4v) is 5.77. The highest BCUT2D eigenvalue weighted by Gasteiger charge is 2.22. The lowest BCUT2D eigenvalue weighted by molar-refractivity contribution is 0.310. The zero-order chi connectivity index (χ0) is 25.3. The van der Waals surface area contributed by atoms with Crippen LogP contribution in [0.25, 0.3) is 11.1 Å². The third kappa shape index (κ3) is 7.42. The van der Waals surface area contributed by atoms with Gasteiger partial charge in [0.2, 0.25) is 0 Å². The van der Waals surface area contributed by atoms with Crippen molar-refractivity contribution in [1.82, 2.24) is 0 Å². The van der Waals surface area contributed by atoms with Crippen LogP contribution in [0.1, 0.15) is 93.7 Å². The van der Waals surface area contributed by atoms with Crippen LogP contribution in [0.15, 0.2) is 60.7 Å². The van der Waals surface area contributed by atoms with Gasteiger partial charge in [0.15, 0.2) is 0 Å². The van der Waals surface area contributed by atoms with Crippen molar-refractivity contribution in [2.75, 3.05) is 0 Å². The van der Waals surface area contributed by atoms with Crippen LogP contribution in [0.4, 0.5) is 8.78 Å². The molecule has 3 heteroatoms. The van der Waals surface area contributed by atoms with Crippen molar-refractivity contribution < 1.29 is 8.78 Å². The van der Waals surface area contributed by atoms with E-state index >= 15 is 0 Å². The Hall–Kier alpha value is -2.19. The molecule has 0 bridgehead atoms. The topological polar surface area (TPSA) is 0 Å². The number of benzene rings is 3. The molecule has 4 rings (SSSR count). The van der Waals surface area contributed by atoms with Gasteiger partial charge in [0, 0.05) is 5.56 Å². The Bertz CT molecular complexity index is 1100. The summed E-state index contributed by atoms with van der Waals surface area (Å²) in [7, 11) is 0. The molecule has 1 saturated carbocycles. The molecule has 1 aliphatic rings. The van der Waals surface area contributed by atoms with Crippen molar-refractivity contribution >= 4 is 11.6 Å². The molecule has 0 spiro atoms. The van der Waals surface area contributed by atoms with Gasteiger partial charge in [-0.3, -0.25) is 0 Å². The number of unbranched alkanes of at least 4 members (excludes halogenated alkanes) is 4. The Kier molecular flexibility index (Phi) is 9.98. The van der Waals surface area contributed by atoms with Gasteiger partial charge >= 0.3 is 0 Å². The third-order valence-corrected chi connectivity index (χ3v) is 8.28. The molecule has 3 aromatic rings. The Morgan fingerprint density at radius 2 is 1.44 bits per heavy atom. The second-order valence-electron chi connectivity index (χ2n) is 10.6. The Labute approximate surface area is 221 Å². The first kappa shape index (κ1) is 26.9. The third-order valence-electron chi connectivity index (χ3n) is 7.97. The molecule has 0 atom stereocenters. The van der Waals surface area contributed by atoms with Crippen LogP contribution in [0.5, 0.6) is 0 Å². The summed E-state index contributed by atoms with van der Waals surface area (Å²) in [5.41, 5.74) is 4.91. The van der Waals surface area contributed by atoms with Gasteiger partial charge in [-0.15, -0.1) is 0 Å². The Morgan fingerprint density at radius 3 is 2.14 bits per heavy atom. The highest BCUT2D eigenvalue weighted by molar-refractivity contribution is 6.30. The standard InChI is InChI=1S/C33H39ClF2/c1-2-3-4-5-6-7-24-10-15-27(16-11-24)28-17-12-25(13-18-28)8-9-26-14-20-30(32(35)22-26)29-19-21-31(34)33(36)23-29/h10-11,14-16,19-23,25,28H,2-9,12-13,17-18H2,1H3/t25-,28-. The number of rotatable bonds is 11. The lowest BCUT2D eigenvalue weighted by Gasteiger charge is -2.29. The highest BCUT2D eigenvalue weighted by atomic mass is 35.5. The summed E-state index contributed by atoms with van der Waals surface area (Å²) in [5, 5.41) is 0.0516. The van der Waals surface area contributed by atoms with Crippen molar-refractivity contribution in [3.8, 4) is 11.1 Å². The maximum Gasteiger partial charge on any atom is 0.142 e. The molecule has 0 aliphatic heterocycles. The molecular weight excluding hydrogens is 470 g/mol. The van der Waals surface area contributed by atoms with E-state index in [1.807, 2.05) is 6.07 Å². The van der Waals surface area contributed by atoms with E-state index in [9.17, 15) is 8.78 Å². The second kappa shape index (κ2) is 13.4. The molecule has 0 aromatic heterocycles. The summed E-state index contributed by atoms with van der Waals surface area (Å²) in [6, 6.07) is 19.2. The van der Waals surface area contributed by atoms with E-state index in [1.54, 1.807) is 18.2 Å². The molecule has 0 saturated heterocycles. The van der Waals surface area contributed by atoms with Crippen LogP contribution in [0, 0.1) is 17.6 Å². The van der Waals surface area contributed by atoms with Crippen molar-refractivity contribution in [2.45, 2.75) is 89.9 Å². The number of aryl methyl sites for hydroxylation is 2. The molecule has 0 radical (unpaired) electrons. The van der Waals surface area contributed by atoms with Gasteiger partial charge in [-0.1, -0.05) is 86.7 Å². The molecule has 0 amide bonds. The van der Waals surface area contributed by atoms with Crippen LogP contribution in [0.3, 0.4) is 0 Å². The highest BCUT2D eigenvalue weighted by Crippen LogP contribution is 2.38. The van der Waals surface area contributed by atoms with Crippen LogP contribution in [-0.4, -0.2) is 0 Å². The number of hydrogen-bond donors (Lipinski definition) is 0. The van der Waals surface area contributed by atoms with Gasteiger partial charge in [0.25, 0.3) is 0 Å². The molecular formula is C33H39ClF2. The largest absolute Gasteiger partial charge is 0.206 e. The van der Waals surface area contributed by atoms with E-state index in [1.165, 1.54) is 87.5 Å². The van der Waals surface area contributed by atoms with E-state index in [0.717, 1.165) is 18.4 Å². The lowest BCUT2D eigenvalue weighted by Crippen LogP contribution is -2.14. The number of halogens is 3. The molecule has 0 nitrogen and oxygen atoms in total. The molecule has 1 aliphatic carbocycles. The van der Waals surface area contributed by atoms with Crippen molar-refractivity contribution in [3.05, 3.63) is 94.0 Å². The van der Waals surface area contributed by atoms with Gasteiger partial charge in [-0.2, -0.15) is 0 Å². The maximum absolute atomic E-state index is 14.8. The SMILES string of the molecule is CCCCCCCc1ccc([C@H]2CC[C@H](CCc3ccc(-c4ccc(Cl)c(F)c4)c(F)c3)CC2)cc1. The first-order valence-corrected chi connectivity index (χ1v) is 14.2. The maximum atomic E-state index is 14.8. The predicted molar refractivity (Wildman–Crippen MR) is 149 cm³/mol. The summed E-state index contributed by atoms with van der Waals surface area (Å²) in [6.45, 7) is 2.26. The molecule has 0 N–H and O–H groups in total. The van der Waals surface area contributed by atoms with Gasteiger partial charge in [-0.25, -0.2) is 8.78 Å². The average Bonchev–Trinajstić information content (AvgIpc) is 2.90. The first-order chi connectivity index (χ1) is 17.5. The van der Waals surface area contributed by atoms with Crippen molar-refractivity contribution in [2.24, 2.45) is 5.92 Å².